The van der Waals surface area contributed by atoms with Crippen molar-refractivity contribution in [2.24, 2.45) is 5.92 Å². The minimum atomic E-state index is -0.0345. The molecule has 94 valence electrons. The molecular formula is C16H24O. The summed E-state index contributed by atoms with van der Waals surface area (Å²) in [4.78, 5) is 0. The van der Waals surface area contributed by atoms with E-state index < -0.39 is 0 Å². The standard InChI is InChI=1S/C16H24O/c1-11-8-15(9-12(2)13(11)3)10-14-4-6-16(17)7-5-14/h8-9,14,16-17H,4-7,10H2,1-3H3. The maximum Gasteiger partial charge on any atom is 0.0540 e. The molecular weight excluding hydrogens is 208 g/mol. The van der Waals surface area contributed by atoms with Crippen molar-refractivity contribution in [1.82, 2.24) is 0 Å². The quantitative estimate of drug-likeness (QED) is 0.824. The summed E-state index contributed by atoms with van der Waals surface area (Å²) in [5.74, 6) is 0.778. The molecule has 0 amide bonds. The van der Waals surface area contributed by atoms with Crippen LogP contribution in [0.25, 0.3) is 0 Å². The number of aryl methyl sites for hydroxylation is 2. The molecule has 17 heavy (non-hydrogen) atoms. The van der Waals surface area contributed by atoms with Gasteiger partial charge in [0.05, 0.1) is 6.10 Å². The number of benzene rings is 1. The van der Waals surface area contributed by atoms with Crippen LogP contribution in [0.2, 0.25) is 0 Å². The smallest absolute Gasteiger partial charge is 0.0540 e. The first-order valence-electron chi connectivity index (χ1n) is 6.81. The molecule has 0 spiro atoms. The number of hydrogen-bond acceptors (Lipinski definition) is 1. The maximum atomic E-state index is 9.52. The SMILES string of the molecule is Cc1cc(CC2CCC(O)CC2)cc(C)c1C. The van der Waals surface area contributed by atoms with Gasteiger partial charge < -0.3 is 5.11 Å². The Morgan fingerprint density at radius 1 is 1.00 bits per heavy atom. The second-order valence-corrected chi connectivity index (χ2v) is 5.73. The van der Waals surface area contributed by atoms with Gasteiger partial charge in [0.2, 0.25) is 0 Å². The lowest BCUT2D eigenvalue weighted by molar-refractivity contribution is 0.109. The Morgan fingerprint density at radius 3 is 2.06 bits per heavy atom. The molecule has 0 aliphatic heterocycles. The van der Waals surface area contributed by atoms with Crippen LogP contribution in [0.1, 0.15) is 47.9 Å². The van der Waals surface area contributed by atoms with Crippen molar-refractivity contribution >= 4 is 0 Å². The van der Waals surface area contributed by atoms with Crippen LogP contribution in [-0.4, -0.2) is 11.2 Å². The summed E-state index contributed by atoms with van der Waals surface area (Å²) in [6, 6.07) is 4.68. The molecule has 2 rings (SSSR count). The van der Waals surface area contributed by atoms with Crippen LogP contribution < -0.4 is 0 Å². The molecule has 1 aliphatic rings. The lowest BCUT2D eigenvalue weighted by Crippen LogP contribution is -2.19. The molecule has 0 unspecified atom stereocenters. The van der Waals surface area contributed by atoms with Crippen molar-refractivity contribution < 1.29 is 5.11 Å². The summed E-state index contributed by atoms with van der Waals surface area (Å²) in [6.45, 7) is 6.61. The Balaban J connectivity index is 2.04. The van der Waals surface area contributed by atoms with Gasteiger partial charge >= 0.3 is 0 Å². The van der Waals surface area contributed by atoms with Crippen LogP contribution in [-0.2, 0) is 6.42 Å². The van der Waals surface area contributed by atoms with Gasteiger partial charge in [-0.05, 0) is 81.0 Å². The first-order chi connectivity index (χ1) is 8.06. The number of rotatable bonds is 2. The van der Waals surface area contributed by atoms with E-state index in [4.69, 9.17) is 0 Å². The van der Waals surface area contributed by atoms with Gasteiger partial charge in [-0.15, -0.1) is 0 Å². The first-order valence-corrected chi connectivity index (χ1v) is 6.81. The van der Waals surface area contributed by atoms with Crippen LogP contribution in [0, 0.1) is 26.7 Å². The molecule has 0 heterocycles. The Labute approximate surface area is 105 Å². The van der Waals surface area contributed by atoms with Crippen LogP contribution in [0.5, 0.6) is 0 Å². The summed E-state index contributed by atoms with van der Waals surface area (Å²) in [6.07, 6.45) is 5.52. The van der Waals surface area contributed by atoms with E-state index in [2.05, 4.69) is 32.9 Å². The van der Waals surface area contributed by atoms with Gasteiger partial charge in [-0.25, -0.2) is 0 Å². The van der Waals surface area contributed by atoms with Crippen molar-refractivity contribution in [2.45, 2.75) is 59.0 Å². The Kier molecular flexibility index (Phi) is 3.88. The Hall–Kier alpha value is -0.820. The van der Waals surface area contributed by atoms with Crippen molar-refractivity contribution in [2.75, 3.05) is 0 Å². The van der Waals surface area contributed by atoms with Crippen LogP contribution >= 0.6 is 0 Å². The Morgan fingerprint density at radius 2 is 1.53 bits per heavy atom. The number of aliphatic hydroxyl groups excluding tert-OH is 1. The fraction of sp³-hybridized carbons (Fsp3) is 0.625. The summed E-state index contributed by atoms with van der Waals surface area (Å²) in [7, 11) is 0. The van der Waals surface area contributed by atoms with Gasteiger partial charge in [-0.1, -0.05) is 12.1 Å². The minimum Gasteiger partial charge on any atom is -0.393 e. The summed E-state index contributed by atoms with van der Waals surface area (Å²) >= 11 is 0. The molecule has 0 radical (unpaired) electrons. The Bertz CT molecular complexity index is 364. The molecule has 1 aromatic rings. The van der Waals surface area contributed by atoms with E-state index in [0.717, 1.165) is 18.8 Å². The maximum absolute atomic E-state index is 9.52. The van der Waals surface area contributed by atoms with E-state index in [9.17, 15) is 5.11 Å². The lowest BCUT2D eigenvalue weighted by atomic mass is 9.83. The fourth-order valence-electron chi connectivity index (χ4n) is 2.93. The lowest BCUT2D eigenvalue weighted by Gasteiger charge is -2.25. The molecule has 1 aromatic carbocycles. The second-order valence-electron chi connectivity index (χ2n) is 5.73. The topological polar surface area (TPSA) is 20.2 Å². The predicted molar refractivity (Wildman–Crippen MR) is 72.3 cm³/mol. The average Bonchev–Trinajstić information content (AvgIpc) is 2.29. The number of hydrogen-bond donors (Lipinski definition) is 1. The zero-order valence-electron chi connectivity index (χ0n) is 11.3. The third-order valence-corrected chi connectivity index (χ3v) is 4.33. The average molecular weight is 232 g/mol. The van der Waals surface area contributed by atoms with Gasteiger partial charge in [0.25, 0.3) is 0 Å². The van der Waals surface area contributed by atoms with Crippen molar-refractivity contribution in [3.63, 3.8) is 0 Å². The summed E-state index contributed by atoms with van der Waals surface area (Å²) < 4.78 is 0. The molecule has 1 aliphatic carbocycles. The highest BCUT2D eigenvalue weighted by atomic mass is 16.3. The molecule has 0 aromatic heterocycles. The zero-order valence-corrected chi connectivity index (χ0v) is 11.3. The summed E-state index contributed by atoms with van der Waals surface area (Å²) in [5.41, 5.74) is 5.73. The largest absolute Gasteiger partial charge is 0.393 e. The molecule has 0 atom stereocenters. The predicted octanol–water partition coefficient (Wildman–Crippen LogP) is 3.71. The highest BCUT2D eigenvalue weighted by Gasteiger charge is 2.19. The van der Waals surface area contributed by atoms with Gasteiger partial charge in [-0.2, -0.15) is 0 Å². The minimum absolute atomic E-state index is 0.0345. The van der Waals surface area contributed by atoms with Gasteiger partial charge in [0.1, 0.15) is 0 Å². The van der Waals surface area contributed by atoms with Crippen LogP contribution in [0.3, 0.4) is 0 Å². The van der Waals surface area contributed by atoms with E-state index in [1.807, 2.05) is 0 Å². The summed E-state index contributed by atoms with van der Waals surface area (Å²) in [5, 5.41) is 9.52. The van der Waals surface area contributed by atoms with Gasteiger partial charge in [0, 0.05) is 0 Å². The van der Waals surface area contributed by atoms with E-state index in [0.29, 0.717) is 0 Å². The normalized spacial score (nSPS) is 24.9. The molecule has 1 fully saturated rings. The molecule has 1 heteroatoms. The van der Waals surface area contributed by atoms with Crippen LogP contribution in [0.15, 0.2) is 12.1 Å². The molecule has 1 saturated carbocycles. The van der Waals surface area contributed by atoms with E-state index in [1.54, 1.807) is 0 Å². The van der Waals surface area contributed by atoms with E-state index in [1.165, 1.54) is 41.5 Å². The van der Waals surface area contributed by atoms with Crippen molar-refractivity contribution in [3.05, 3.63) is 34.4 Å². The van der Waals surface area contributed by atoms with E-state index >= 15 is 0 Å². The highest BCUT2D eigenvalue weighted by molar-refractivity contribution is 5.37. The third kappa shape index (κ3) is 3.10. The van der Waals surface area contributed by atoms with Gasteiger partial charge in [0.15, 0.2) is 0 Å². The van der Waals surface area contributed by atoms with Gasteiger partial charge in [-0.3, -0.25) is 0 Å². The van der Waals surface area contributed by atoms with E-state index in [-0.39, 0.29) is 6.10 Å². The van der Waals surface area contributed by atoms with Crippen molar-refractivity contribution in [1.29, 1.82) is 0 Å². The molecule has 1 nitrogen and oxygen atoms in total. The number of aliphatic hydroxyl groups is 1. The molecule has 0 bridgehead atoms. The van der Waals surface area contributed by atoms with Crippen LogP contribution in [0.4, 0.5) is 0 Å². The molecule has 0 saturated heterocycles. The zero-order chi connectivity index (χ0) is 12.4. The van der Waals surface area contributed by atoms with Crippen molar-refractivity contribution in [3.8, 4) is 0 Å². The second kappa shape index (κ2) is 5.22. The fourth-order valence-corrected chi connectivity index (χ4v) is 2.93. The third-order valence-electron chi connectivity index (χ3n) is 4.33. The first kappa shape index (κ1) is 12.6. The monoisotopic (exact) mass is 232 g/mol. The highest BCUT2D eigenvalue weighted by Crippen LogP contribution is 2.28. The molecule has 1 N–H and O–H groups in total.